The molecule has 5 rings (SSSR count). The van der Waals surface area contributed by atoms with Crippen LogP contribution in [0, 0.1) is 11.6 Å². The van der Waals surface area contributed by atoms with Gasteiger partial charge in [-0.25, -0.2) is 8.78 Å². The van der Waals surface area contributed by atoms with Crippen molar-refractivity contribution >= 4 is 11.8 Å². The number of rotatable bonds is 6. The summed E-state index contributed by atoms with van der Waals surface area (Å²) < 4.78 is 35.2. The van der Waals surface area contributed by atoms with Gasteiger partial charge in [0, 0.05) is 11.6 Å². The second-order valence-corrected chi connectivity index (χ2v) is 8.41. The van der Waals surface area contributed by atoms with Crippen LogP contribution < -0.4 is 0 Å². The van der Waals surface area contributed by atoms with Gasteiger partial charge in [-0.3, -0.25) is 4.57 Å². The van der Waals surface area contributed by atoms with Crippen molar-refractivity contribution in [2.45, 2.75) is 36.2 Å². The average molecular weight is 425 g/mol. The number of hydrogen-bond acceptors (Lipinski definition) is 6. The fraction of sp³-hybridized carbons (Fsp3) is 0.238. The minimum Gasteiger partial charge on any atom is -0.419 e. The van der Waals surface area contributed by atoms with Crippen molar-refractivity contribution in [3.05, 3.63) is 66.1 Å². The first kappa shape index (κ1) is 18.9. The van der Waals surface area contributed by atoms with Crippen molar-refractivity contribution in [3.63, 3.8) is 0 Å². The van der Waals surface area contributed by atoms with Gasteiger partial charge in [0.15, 0.2) is 11.0 Å². The van der Waals surface area contributed by atoms with Crippen molar-refractivity contribution in [1.82, 2.24) is 25.0 Å². The molecule has 6 nitrogen and oxygen atoms in total. The van der Waals surface area contributed by atoms with E-state index in [1.165, 1.54) is 30.0 Å². The first-order valence-electron chi connectivity index (χ1n) is 9.56. The normalized spacial score (nSPS) is 14.8. The Morgan fingerprint density at radius 1 is 1.00 bits per heavy atom. The summed E-state index contributed by atoms with van der Waals surface area (Å²) in [6, 6.07) is 12.7. The molecular weight excluding hydrogens is 408 g/mol. The van der Waals surface area contributed by atoms with Gasteiger partial charge in [0.1, 0.15) is 11.6 Å². The standard InChI is InChI=1S/C21H17F2N5OS/c1-12(19-25-26-20(29-19)13-6-8-14(22)9-7-13)30-21-27-24-18(28(21)15-10-11-15)16-4-2-3-5-17(16)23/h2-9,12,15H,10-11H2,1H3/t12-/m0/s1. The molecule has 2 heterocycles. The van der Waals surface area contributed by atoms with Crippen LogP contribution in [0.1, 0.15) is 36.9 Å². The van der Waals surface area contributed by atoms with Crippen molar-refractivity contribution in [3.8, 4) is 22.8 Å². The number of benzene rings is 2. The Hall–Kier alpha value is -3.07. The van der Waals surface area contributed by atoms with E-state index < -0.39 is 0 Å². The average Bonchev–Trinajstić information content (AvgIpc) is 3.31. The monoisotopic (exact) mass is 425 g/mol. The Bertz CT molecular complexity index is 1190. The first-order chi connectivity index (χ1) is 14.6. The number of halogens is 2. The van der Waals surface area contributed by atoms with Crippen LogP contribution in [-0.4, -0.2) is 25.0 Å². The van der Waals surface area contributed by atoms with Crippen LogP contribution in [0.4, 0.5) is 8.78 Å². The van der Waals surface area contributed by atoms with E-state index >= 15 is 0 Å². The summed E-state index contributed by atoms with van der Waals surface area (Å²) in [7, 11) is 0. The maximum Gasteiger partial charge on any atom is 0.247 e. The second kappa shape index (κ2) is 7.64. The molecule has 30 heavy (non-hydrogen) atoms. The molecule has 9 heteroatoms. The molecule has 0 N–H and O–H groups in total. The molecule has 0 unspecified atom stereocenters. The van der Waals surface area contributed by atoms with E-state index in [2.05, 4.69) is 20.4 Å². The predicted molar refractivity (Wildman–Crippen MR) is 108 cm³/mol. The minimum atomic E-state index is -0.326. The zero-order valence-electron chi connectivity index (χ0n) is 16.0. The number of thioether (sulfide) groups is 1. The van der Waals surface area contributed by atoms with E-state index in [4.69, 9.17) is 4.42 Å². The minimum absolute atomic E-state index is 0.193. The third kappa shape index (κ3) is 3.60. The lowest BCUT2D eigenvalue weighted by Gasteiger charge is -2.11. The highest BCUT2D eigenvalue weighted by molar-refractivity contribution is 7.99. The Morgan fingerprint density at radius 2 is 1.77 bits per heavy atom. The topological polar surface area (TPSA) is 69.6 Å². The van der Waals surface area contributed by atoms with Gasteiger partial charge in [-0.2, -0.15) is 0 Å². The van der Waals surface area contributed by atoms with Crippen molar-refractivity contribution in [2.75, 3.05) is 0 Å². The van der Waals surface area contributed by atoms with E-state index in [1.54, 1.807) is 30.3 Å². The molecule has 1 fully saturated rings. The molecule has 0 saturated heterocycles. The SMILES string of the molecule is C[C@H](Sc1nnc(-c2ccccc2F)n1C1CC1)c1nnc(-c2ccc(F)cc2)o1. The van der Waals surface area contributed by atoms with Crippen molar-refractivity contribution in [2.24, 2.45) is 0 Å². The molecule has 4 aromatic rings. The van der Waals surface area contributed by atoms with E-state index in [0.29, 0.717) is 33.9 Å². The Labute approximate surface area is 175 Å². The maximum absolute atomic E-state index is 14.3. The highest BCUT2D eigenvalue weighted by Crippen LogP contribution is 2.44. The van der Waals surface area contributed by atoms with Gasteiger partial charge in [0.05, 0.1) is 10.8 Å². The Balaban J connectivity index is 1.41. The predicted octanol–water partition coefficient (Wildman–Crippen LogP) is 5.46. The quantitative estimate of drug-likeness (QED) is 0.382. The van der Waals surface area contributed by atoms with Gasteiger partial charge in [-0.1, -0.05) is 23.9 Å². The Kier molecular flexibility index (Phi) is 4.82. The van der Waals surface area contributed by atoms with Gasteiger partial charge in [0.25, 0.3) is 0 Å². The smallest absolute Gasteiger partial charge is 0.247 e. The third-order valence-corrected chi connectivity index (χ3v) is 5.90. The molecule has 2 aromatic heterocycles. The molecule has 1 aliphatic carbocycles. The van der Waals surface area contributed by atoms with Crippen LogP contribution in [0.15, 0.2) is 58.1 Å². The molecule has 2 aromatic carbocycles. The van der Waals surface area contributed by atoms with E-state index in [9.17, 15) is 8.78 Å². The van der Waals surface area contributed by atoms with Gasteiger partial charge in [-0.15, -0.1) is 20.4 Å². The van der Waals surface area contributed by atoms with Gasteiger partial charge in [-0.05, 0) is 56.2 Å². The molecule has 0 spiro atoms. The van der Waals surface area contributed by atoms with Crippen LogP contribution in [0.3, 0.4) is 0 Å². The number of hydrogen-bond donors (Lipinski definition) is 0. The van der Waals surface area contributed by atoms with Crippen molar-refractivity contribution < 1.29 is 13.2 Å². The second-order valence-electron chi connectivity index (χ2n) is 7.10. The molecule has 0 aliphatic heterocycles. The highest BCUT2D eigenvalue weighted by atomic mass is 32.2. The van der Waals surface area contributed by atoms with E-state index in [0.717, 1.165) is 12.8 Å². The van der Waals surface area contributed by atoms with Crippen LogP contribution in [0.5, 0.6) is 0 Å². The molecular formula is C21H17F2N5OS. The zero-order chi connectivity index (χ0) is 20.7. The van der Waals surface area contributed by atoms with Crippen LogP contribution in [0.25, 0.3) is 22.8 Å². The summed E-state index contributed by atoms with van der Waals surface area (Å²) in [4.78, 5) is 0. The summed E-state index contributed by atoms with van der Waals surface area (Å²) in [6.45, 7) is 1.93. The van der Waals surface area contributed by atoms with E-state index in [1.807, 2.05) is 11.5 Å². The maximum atomic E-state index is 14.3. The zero-order valence-corrected chi connectivity index (χ0v) is 16.8. The molecule has 1 aliphatic rings. The molecule has 0 bridgehead atoms. The van der Waals surface area contributed by atoms with E-state index in [-0.39, 0.29) is 22.9 Å². The molecule has 0 radical (unpaired) electrons. The summed E-state index contributed by atoms with van der Waals surface area (Å²) in [5.41, 5.74) is 1.09. The highest BCUT2D eigenvalue weighted by Gasteiger charge is 2.32. The van der Waals surface area contributed by atoms with Gasteiger partial charge >= 0.3 is 0 Å². The molecule has 152 valence electrons. The van der Waals surface area contributed by atoms with Gasteiger partial charge < -0.3 is 4.42 Å². The molecule has 1 atom stereocenters. The lowest BCUT2D eigenvalue weighted by molar-refractivity contribution is 0.508. The molecule has 0 amide bonds. The lowest BCUT2D eigenvalue weighted by atomic mass is 10.2. The van der Waals surface area contributed by atoms with Crippen molar-refractivity contribution in [1.29, 1.82) is 0 Å². The molecule has 1 saturated carbocycles. The number of nitrogens with zero attached hydrogens (tertiary/aromatic N) is 5. The number of aromatic nitrogens is 5. The summed E-state index contributed by atoms with van der Waals surface area (Å²) >= 11 is 1.43. The summed E-state index contributed by atoms with van der Waals surface area (Å²) in [5.74, 6) is 0.637. The fourth-order valence-electron chi connectivity index (χ4n) is 3.16. The lowest BCUT2D eigenvalue weighted by Crippen LogP contribution is -2.02. The summed E-state index contributed by atoms with van der Waals surface area (Å²) in [5, 5.41) is 17.3. The van der Waals surface area contributed by atoms with Crippen LogP contribution >= 0.6 is 11.8 Å². The fourth-order valence-corrected chi connectivity index (χ4v) is 4.11. The largest absolute Gasteiger partial charge is 0.419 e. The summed E-state index contributed by atoms with van der Waals surface area (Å²) in [6.07, 6.45) is 2.02. The van der Waals surface area contributed by atoms with Crippen LogP contribution in [0.2, 0.25) is 0 Å². The third-order valence-electron chi connectivity index (χ3n) is 4.85. The Morgan fingerprint density at radius 3 is 2.50 bits per heavy atom. The first-order valence-corrected chi connectivity index (χ1v) is 10.4. The van der Waals surface area contributed by atoms with Crippen LogP contribution in [-0.2, 0) is 0 Å². The van der Waals surface area contributed by atoms with Gasteiger partial charge in [0.2, 0.25) is 11.8 Å².